The van der Waals surface area contributed by atoms with Crippen LogP contribution >= 0.6 is 0 Å². The molecule has 1 aliphatic carbocycles. The van der Waals surface area contributed by atoms with Gasteiger partial charge in [0.1, 0.15) is 0 Å². The number of fused-ring (bicyclic) bond motifs is 1. The van der Waals surface area contributed by atoms with Crippen molar-refractivity contribution in [3.8, 4) is 11.5 Å². The number of ether oxygens (including phenoxy) is 3. The number of methoxy groups -OCH3 is 1. The van der Waals surface area contributed by atoms with Gasteiger partial charge in [-0.3, -0.25) is 4.79 Å². The van der Waals surface area contributed by atoms with Gasteiger partial charge in [-0.1, -0.05) is 12.5 Å². The Balaban J connectivity index is 1.81. The van der Waals surface area contributed by atoms with E-state index in [0.717, 1.165) is 42.7 Å². The highest BCUT2D eigenvalue weighted by Gasteiger charge is 2.45. The van der Waals surface area contributed by atoms with Crippen LogP contribution in [0.5, 0.6) is 11.5 Å². The summed E-state index contributed by atoms with van der Waals surface area (Å²) in [6, 6.07) is 5.86. The first kappa shape index (κ1) is 11.4. The minimum absolute atomic E-state index is 0.0913. The van der Waals surface area contributed by atoms with Gasteiger partial charge in [0.25, 0.3) is 0 Å². The minimum Gasteiger partial charge on any atom is -0.469 e. The van der Waals surface area contributed by atoms with E-state index < -0.39 is 0 Å². The zero-order valence-electron chi connectivity index (χ0n) is 10.4. The highest BCUT2D eigenvalue weighted by molar-refractivity contribution is 5.78. The van der Waals surface area contributed by atoms with Gasteiger partial charge < -0.3 is 14.2 Å². The van der Waals surface area contributed by atoms with Gasteiger partial charge in [-0.2, -0.15) is 0 Å². The molecule has 0 bridgehead atoms. The van der Waals surface area contributed by atoms with E-state index in [1.54, 1.807) is 0 Å². The first-order valence-corrected chi connectivity index (χ1v) is 6.20. The molecule has 0 unspecified atom stereocenters. The van der Waals surface area contributed by atoms with Crippen LogP contribution in [0.3, 0.4) is 0 Å². The van der Waals surface area contributed by atoms with Crippen molar-refractivity contribution in [1.29, 1.82) is 0 Å². The first-order valence-electron chi connectivity index (χ1n) is 6.20. The Bertz CT molecular complexity index is 477. The van der Waals surface area contributed by atoms with Gasteiger partial charge in [-0.05, 0) is 37.0 Å². The quantitative estimate of drug-likeness (QED) is 0.770. The van der Waals surface area contributed by atoms with Gasteiger partial charge in [0.2, 0.25) is 6.79 Å². The van der Waals surface area contributed by atoms with E-state index in [1.807, 2.05) is 18.2 Å². The maximum absolute atomic E-state index is 11.9. The average Bonchev–Trinajstić information content (AvgIpc) is 2.80. The van der Waals surface area contributed by atoms with Gasteiger partial charge in [0.05, 0.1) is 12.5 Å². The van der Waals surface area contributed by atoms with E-state index in [9.17, 15) is 4.79 Å². The van der Waals surface area contributed by atoms with Gasteiger partial charge in [-0.25, -0.2) is 0 Å². The number of carbonyl (C=O) groups is 1. The summed E-state index contributed by atoms with van der Waals surface area (Å²) in [5, 5.41) is 0. The molecule has 1 heterocycles. The largest absolute Gasteiger partial charge is 0.469 e. The van der Waals surface area contributed by atoms with Crippen molar-refractivity contribution >= 4 is 5.97 Å². The van der Waals surface area contributed by atoms with Gasteiger partial charge in [0, 0.05) is 0 Å². The Morgan fingerprint density at radius 2 is 2.11 bits per heavy atom. The maximum Gasteiger partial charge on any atom is 0.312 e. The Hall–Kier alpha value is -1.71. The van der Waals surface area contributed by atoms with Crippen LogP contribution < -0.4 is 9.47 Å². The van der Waals surface area contributed by atoms with E-state index in [-0.39, 0.29) is 18.2 Å². The van der Waals surface area contributed by atoms with Crippen molar-refractivity contribution in [3.05, 3.63) is 23.8 Å². The van der Waals surface area contributed by atoms with E-state index in [2.05, 4.69) is 0 Å². The van der Waals surface area contributed by atoms with E-state index in [0.29, 0.717) is 0 Å². The fourth-order valence-electron chi connectivity index (χ4n) is 2.71. The summed E-state index contributed by atoms with van der Waals surface area (Å²) < 4.78 is 15.6. The topological polar surface area (TPSA) is 44.8 Å². The number of rotatable bonds is 3. The lowest BCUT2D eigenvalue weighted by Crippen LogP contribution is -2.40. The molecule has 96 valence electrons. The van der Waals surface area contributed by atoms with Crippen LogP contribution in [-0.4, -0.2) is 19.9 Å². The molecule has 1 aromatic carbocycles. The van der Waals surface area contributed by atoms with Gasteiger partial charge in [0.15, 0.2) is 11.5 Å². The molecular formula is C14H16O4. The average molecular weight is 248 g/mol. The monoisotopic (exact) mass is 248 g/mol. The van der Waals surface area contributed by atoms with Crippen molar-refractivity contribution < 1.29 is 19.0 Å². The highest BCUT2D eigenvalue weighted by Crippen LogP contribution is 2.45. The lowest BCUT2D eigenvalue weighted by atomic mass is 9.65. The molecule has 0 amide bonds. The summed E-state index contributed by atoms with van der Waals surface area (Å²) in [7, 11) is 1.46. The highest BCUT2D eigenvalue weighted by atomic mass is 16.7. The van der Waals surface area contributed by atoms with Gasteiger partial charge in [-0.15, -0.1) is 0 Å². The lowest BCUT2D eigenvalue weighted by Gasteiger charge is -2.39. The molecule has 18 heavy (non-hydrogen) atoms. The van der Waals surface area contributed by atoms with Crippen LogP contribution in [0.4, 0.5) is 0 Å². The third kappa shape index (κ3) is 1.72. The molecule has 1 aliphatic heterocycles. The SMILES string of the molecule is COC(=O)C1(Cc2ccc3c(c2)OCO3)CCC1. The molecule has 1 saturated carbocycles. The van der Waals surface area contributed by atoms with E-state index in [4.69, 9.17) is 14.2 Å². The fraction of sp³-hybridized carbons (Fsp3) is 0.500. The number of carbonyl (C=O) groups excluding carboxylic acids is 1. The van der Waals surface area contributed by atoms with Crippen molar-refractivity contribution in [1.82, 2.24) is 0 Å². The number of hydrogen-bond acceptors (Lipinski definition) is 4. The maximum atomic E-state index is 11.9. The Kier molecular flexibility index (Phi) is 2.65. The lowest BCUT2D eigenvalue weighted by molar-refractivity contribution is -0.158. The first-order chi connectivity index (χ1) is 8.73. The summed E-state index contributed by atoms with van der Waals surface area (Å²) in [6.45, 7) is 0.279. The molecule has 3 rings (SSSR count). The molecule has 1 fully saturated rings. The Labute approximate surface area is 106 Å². The summed E-state index contributed by atoms with van der Waals surface area (Å²) in [5.41, 5.74) is 0.784. The molecule has 1 aromatic rings. The Morgan fingerprint density at radius 3 is 2.78 bits per heavy atom. The molecule has 0 N–H and O–H groups in total. The zero-order valence-corrected chi connectivity index (χ0v) is 10.4. The fourth-order valence-corrected chi connectivity index (χ4v) is 2.71. The third-order valence-corrected chi connectivity index (χ3v) is 3.91. The molecule has 4 nitrogen and oxygen atoms in total. The van der Waals surface area contributed by atoms with Crippen LogP contribution in [0, 0.1) is 5.41 Å². The van der Waals surface area contributed by atoms with E-state index in [1.165, 1.54) is 7.11 Å². The Morgan fingerprint density at radius 1 is 1.33 bits per heavy atom. The summed E-state index contributed by atoms with van der Waals surface area (Å²) in [4.78, 5) is 11.9. The second-order valence-corrected chi connectivity index (χ2v) is 4.99. The molecule has 0 saturated heterocycles. The standard InChI is InChI=1S/C14H16O4/c1-16-13(15)14(5-2-6-14)8-10-3-4-11-12(7-10)18-9-17-11/h3-4,7H,2,5-6,8-9H2,1H3. The molecule has 2 aliphatic rings. The molecule has 0 aromatic heterocycles. The van der Waals surface area contributed by atoms with Crippen LogP contribution in [0.25, 0.3) is 0 Å². The summed E-state index contributed by atoms with van der Waals surface area (Å²) >= 11 is 0. The molecule has 0 spiro atoms. The van der Waals surface area contributed by atoms with Crippen molar-refractivity contribution in [2.24, 2.45) is 5.41 Å². The summed E-state index contributed by atoms with van der Waals surface area (Å²) in [5.74, 6) is 1.46. The molecule has 4 heteroatoms. The zero-order chi connectivity index (χ0) is 12.6. The molecule has 0 atom stereocenters. The van der Waals surface area contributed by atoms with Crippen molar-refractivity contribution in [2.45, 2.75) is 25.7 Å². The predicted octanol–water partition coefficient (Wildman–Crippen LogP) is 2.30. The number of esters is 1. The van der Waals surface area contributed by atoms with Crippen molar-refractivity contribution in [2.75, 3.05) is 13.9 Å². The van der Waals surface area contributed by atoms with E-state index >= 15 is 0 Å². The smallest absolute Gasteiger partial charge is 0.312 e. The minimum atomic E-state index is -0.317. The number of benzene rings is 1. The van der Waals surface area contributed by atoms with Crippen LogP contribution in [0.2, 0.25) is 0 Å². The number of hydrogen-bond donors (Lipinski definition) is 0. The second-order valence-electron chi connectivity index (χ2n) is 4.99. The molecular weight excluding hydrogens is 232 g/mol. The predicted molar refractivity (Wildman–Crippen MR) is 64.6 cm³/mol. The van der Waals surface area contributed by atoms with Crippen LogP contribution in [0.15, 0.2) is 18.2 Å². The summed E-state index contributed by atoms with van der Waals surface area (Å²) in [6.07, 6.45) is 3.64. The van der Waals surface area contributed by atoms with Crippen molar-refractivity contribution in [3.63, 3.8) is 0 Å². The van der Waals surface area contributed by atoms with Gasteiger partial charge >= 0.3 is 5.97 Å². The van der Waals surface area contributed by atoms with Crippen LogP contribution in [-0.2, 0) is 16.0 Å². The van der Waals surface area contributed by atoms with Crippen LogP contribution in [0.1, 0.15) is 24.8 Å². The molecule has 0 radical (unpaired) electrons. The normalized spacial score (nSPS) is 19.2. The second kappa shape index (κ2) is 4.19. The third-order valence-electron chi connectivity index (χ3n) is 3.91.